The number of hydrogen-bond donors (Lipinski definition) is 1. The average Bonchev–Trinajstić information content (AvgIpc) is 2.44. The summed E-state index contributed by atoms with van der Waals surface area (Å²) in [5, 5.41) is 2.95. The minimum Gasteiger partial charge on any atom is -0.306 e. The summed E-state index contributed by atoms with van der Waals surface area (Å²) < 4.78 is 54.2. The van der Waals surface area contributed by atoms with Crippen LogP contribution in [-0.4, -0.2) is 6.54 Å². The zero-order chi connectivity index (χ0) is 15.6. The van der Waals surface area contributed by atoms with E-state index in [4.69, 9.17) is 0 Å². The van der Waals surface area contributed by atoms with Gasteiger partial charge >= 0.3 is 0 Å². The molecule has 2 rings (SSSR count). The van der Waals surface area contributed by atoms with E-state index in [-0.39, 0.29) is 11.1 Å². The van der Waals surface area contributed by atoms with Crippen LogP contribution in [0.4, 0.5) is 17.6 Å². The van der Waals surface area contributed by atoms with E-state index < -0.39 is 29.3 Å². The second-order valence-corrected chi connectivity index (χ2v) is 4.79. The molecular weight excluding hydrogens is 282 g/mol. The molecule has 0 heterocycles. The normalized spacial score (nSPS) is 12.5. The lowest BCUT2D eigenvalue weighted by Gasteiger charge is -2.20. The Hall–Kier alpha value is -1.88. The van der Waals surface area contributed by atoms with E-state index in [9.17, 15) is 17.6 Å². The van der Waals surface area contributed by atoms with E-state index in [1.165, 1.54) is 13.0 Å². The van der Waals surface area contributed by atoms with Crippen LogP contribution in [0.3, 0.4) is 0 Å². The molecule has 0 aliphatic heterocycles. The van der Waals surface area contributed by atoms with Gasteiger partial charge in [0.25, 0.3) is 0 Å². The summed E-state index contributed by atoms with van der Waals surface area (Å²) in [6.07, 6.45) is 0. The molecule has 0 aliphatic rings. The molecule has 0 saturated carbocycles. The highest BCUT2D eigenvalue weighted by Crippen LogP contribution is 2.27. The van der Waals surface area contributed by atoms with Crippen LogP contribution in [0, 0.1) is 30.2 Å². The standard InChI is InChI=1S/C16H15F4N/c1-3-21-16(10-4-5-12(17)15(20)7-10)11-8-13(18)9(2)6-14(11)19/h4-8,16,21H,3H2,1-2H3. The lowest BCUT2D eigenvalue weighted by molar-refractivity contribution is 0.500. The van der Waals surface area contributed by atoms with Crippen LogP contribution in [0.15, 0.2) is 30.3 Å². The van der Waals surface area contributed by atoms with E-state index in [1.54, 1.807) is 6.92 Å². The molecule has 1 unspecified atom stereocenters. The zero-order valence-electron chi connectivity index (χ0n) is 11.7. The molecule has 0 aliphatic carbocycles. The summed E-state index contributed by atoms with van der Waals surface area (Å²) in [7, 11) is 0. The van der Waals surface area contributed by atoms with Crippen LogP contribution in [0.2, 0.25) is 0 Å². The first-order valence-corrected chi connectivity index (χ1v) is 6.58. The maximum Gasteiger partial charge on any atom is 0.159 e. The van der Waals surface area contributed by atoms with Gasteiger partial charge in [0.2, 0.25) is 0 Å². The quantitative estimate of drug-likeness (QED) is 0.832. The Morgan fingerprint density at radius 3 is 2.24 bits per heavy atom. The third kappa shape index (κ3) is 3.24. The second kappa shape index (κ2) is 6.26. The molecule has 21 heavy (non-hydrogen) atoms. The van der Waals surface area contributed by atoms with E-state index >= 15 is 0 Å². The molecule has 0 radical (unpaired) electrons. The van der Waals surface area contributed by atoms with Gasteiger partial charge in [0.05, 0.1) is 6.04 Å². The topological polar surface area (TPSA) is 12.0 Å². The number of rotatable bonds is 4. The first-order chi connectivity index (χ1) is 9.93. The van der Waals surface area contributed by atoms with Crippen LogP contribution in [0.1, 0.15) is 29.7 Å². The number of halogens is 4. The predicted molar refractivity (Wildman–Crippen MR) is 73.0 cm³/mol. The number of aryl methyl sites for hydroxylation is 1. The van der Waals surface area contributed by atoms with E-state index in [0.717, 1.165) is 24.3 Å². The summed E-state index contributed by atoms with van der Waals surface area (Å²) >= 11 is 0. The molecule has 1 nitrogen and oxygen atoms in total. The lowest BCUT2D eigenvalue weighted by atomic mass is 9.96. The van der Waals surface area contributed by atoms with Gasteiger partial charge in [-0.25, -0.2) is 17.6 Å². The van der Waals surface area contributed by atoms with Crippen molar-refractivity contribution in [2.45, 2.75) is 19.9 Å². The van der Waals surface area contributed by atoms with Crippen molar-refractivity contribution in [3.8, 4) is 0 Å². The Kier molecular flexibility index (Phi) is 4.63. The summed E-state index contributed by atoms with van der Waals surface area (Å²) in [4.78, 5) is 0. The van der Waals surface area contributed by atoms with Gasteiger partial charge in [0, 0.05) is 5.56 Å². The fourth-order valence-corrected chi connectivity index (χ4v) is 2.19. The highest BCUT2D eigenvalue weighted by molar-refractivity contribution is 5.35. The zero-order valence-corrected chi connectivity index (χ0v) is 11.7. The first kappa shape index (κ1) is 15.5. The maximum absolute atomic E-state index is 14.1. The maximum atomic E-state index is 14.1. The van der Waals surface area contributed by atoms with Crippen molar-refractivity contribution in [3.63, 3.8) is 0 Å². The van der Waals surface area contributed by atoms with E-state index in [2.05, 4.69) is 5.32 Å². The fraction of sp³-hybridized carbons (Fsp3) is 0.250. The molecule has 0 aromatic heterocycles. The monoisotopic (exact) mass is 297 g/mol. The first-order valence-electron chi connectivity index (χ1n) is 6.58. The summed E-state index contributed by atoms with van der Waals surface area (Å²) in [6, 6.07) is 4.73. The van der Waals surface area contributed by atoms with Gasteiger partial charge < -0.3 is 5.32 Å². The molecule has 112 valence electrons. The minimum atomic E-state index is -1.02. The van der Waals surface area contributed by atoms with Gasteiger partial charge in [-0.3, -0.25) is 0 Å². The third-order valence-corrected chi connectivity index (χ3v) is 3.27. The highest BCUT2D eigenvalue weighted by Gasteiger charge is 2.20. The van der Waals surface area contributed by atoms with Gasteiger partial charge in [-0.2, -0.15) is 0 Å². The molecule has 2 aromatic rings. The molecule has 0 fully saturated rings. The molecule has 1 atom stereocenters. The largest absolute Gasteiger partial charge is 0.306 e. The van der Waals surface area contributed by atoms with Crippen molar-refractivity contribution in [3.05, 3.63) is 70.3 Å². The second-order valence-electron chi connectivity index (χ2n) is 4.79. The highest BCUT2D eigenvalue weighted by atomic mass is 19.2. The van der Waals surface area contributed by atoms with Crippen molar-refractivity contribution < 1.29 is 17.6 Å². The van der Waals surface area contributed by atoms with E-state index in [1.807, 2.05) is 0 Å². The third-order valence-electron chi connectivity index (χ3n) is 3.27. The molecule has 0 bridgehead atoms. The minimum absolute atomic E-state index is 0.0611. The van der Waals surface area contributed by atoms with Crippen molar-refractivity contribution in [1.29, 1.82) is 0 Å². The smallest absolute Gasteiger partial charge is 0.159 e. The summed E-state index contributed by atoms with van der Waals surface area (Å²) in [5.74, 6) is -3.14. The van der Waals surface area contributed by atoms with E-state index in [0.29, 0.717) is 12.1 Å². The van der Waals surface area contributed by atoms with Crippen LogP contribution in [-0.2, 0) is 0 Å². The molecule has 0 amide bonds. The molecule has 1 N–H and O–H groups in total. The Labute approximate surface area is 120 Å². The van der Waals surface area contributed by atoms with Crippen molar-refractivity contribution in [2.24, 2.45) is 0 Å². The fourth-order valence-electron chi connectivity index (χ4n) is 2.19. The lowest BCUT2D eigenvalue weighted by Crippen LogP contribution is -2.23. The van der Waals surface area contributed by atoms with Gasteiger partial charge in [-0.1, -0.05) is 13.0 Å². The molecule has 0 spiro atoms. The molecule has 5 heteroatoms. The van der Waals surface area contributed by atoms with Crippen LogP contribution in [0.5, 0.6) is 0 Å². The summed E-state index contributed by atoms with van der Waals surface area (Å²) in [5.41, 5.74) is 0.584. The van der Waals surface area contributed by atoms with Gasteiger partial charge in [0.1, 0.15) is 11.6 Å². The summed E-state index contributed by atoms with van der Waals surface area (Å²) in [6.45, 7) is 3.70. The SMILES string of the molecule is CCNC(c1ccc(F)c(F)c1)c1cc(F)c(C)cc1F. The van der Waals surface area contributed by atoms with Gasteiger partial charge in [-0.15, -0.1) is 0 Å². The van der Waals surface area contributed by atoms with Crippen LogP contribution in [0.25, 0.3) is 0 Å². The van der Waals surface area contributed by atoms with Crippen molar-refractivity contribution >= 4 is 0 Å². The van der Waals surface area contributed by atoms with Gasteiger partial charge in [-0.05, 0) is 48.9 Å². The molecule has 2 aromatic carbocycles. The van der Waals surface area contributed by atoms with Crippen molar-refractivity contribution in [1.82, 2.24) is 5.32 Å². The Balaban J connectivity index is 2.52. The number of nitrogens with one attached hydrogen (secondary N) is 1. The van der Waals surface area contributed by atoms with Crippen molar-refractivity contribution in [2.75, 3.05) is 6.54 Å². The van der Waals surface area contributed by atoms with Gasteiger partial charge in [0.15, 0.2) is 11.6 Å². The molecule has 0 saturated heterocycles. The predicted octanol–water partition coefficient (Wildman–Crippen LogP) is 4.25. The Morgan fingerprint density at radius 2 is 1.62 bits per heavy atom. The molecular formula is C16H15F4N. The number of hydrogen-bond acceptors (Lipinski definition) is 1. The van der Waals surface area contributed by atoms with Crippen LogP contribution < -0.4 is 5.32 Å². The Bertz CT molecular complexity index is 655. The number of benzene rings is 2. The Morgan fingerprint density at radius 1 is 0.905 bits per heavy atom. The van der Waals surface area contributed by atoms with Crippen LogP contribution >= 0.6 is 0 Å². The average molecular weight is 297 g/mol.